The van der Waals surface area contributed by atoms with Gasteiger partial charge in [0.15, 0.2) is 11.7 Å². The van der Waals surface area contributed by atoms with Gasteiger partial charge < -0.3 is 10.1 Å². The van der Waals surface area contributed by atoms with Crippen molar-refractivity contribution in [1.82, 2.24) is 4.98 Å². The van der Waals surface area contributed by atoms with Gasteiger partial charge in [-0.05, 0) is 24.6 Å². The molecule has 0 atom stereocenters. The Kier molecular flexibility index (Phi) is 3.57. The van der Waals surface area contributed by atoms with Gasteiger partial charge in [0, 0.05) is 11.6 Å². The summed E-state index contributed by atoms with van der Waals surface area (Å²) in [5.41, 5.74) is 1.62. The van der Waals surface area contributed by atoms with E-state index in [0.717, 1.165) is 5.56 Å². The molecule has 2 amide bonds. The molecule has 0 saturated carbocycles. The first kappa shape index (κ1) is 13.6. The van der Waals surface area contributed by atoms with Crippen LogP contribution in [0, 0.1) is 6.92 Å². The molecular formula is C14H13N3O3S. The first-order valence-corrected chi connectivity index (χ1v) is 7.24. The van der Waals surface area contributed by atoms with Gasteiger partial charge in [-0.2, -0.15) is 0 Å². The van der Waals surface area contributed by atoms with Crippen LogP contribution in [0.4, 0.5) is 10.8 Å². The molecule has 2 heterocycles. The van der Waals surface area contributed by atoms with E-state index < -0.39 is 0 Å². The van der Waals surface area contributed by atoms with Crippen LogP contribution in [0.3, 0.4) is 0 Å². The molecule has 0 aliphatic carbocycles. The minimum atomic E-state index is -0.285. The Bertz CT molecular complexity index is 685. The number of ether oxygens (including phenoxy) is 1. The van der Waals surface area contributed by atoms with Gasteiger partial charge in [-0.1, -0.05) is 6.07 Å². The zero-order valence-corrected chi connectivity index (χ0v) is 12.1. The van der Waals surface area contributed by atoms with Crippen molar-refractivity contribution < 1.29 is 14.3 Å². The van der Waals surface area contributed by atoms with Crippen molar-refractivity contribution in [2.45, 2.75) is 6.92 Å². The summed E-state index contributed by atoms with van der Waals surface area (Å²) in [6, 6.07) is 5.55. The molecule has 108 valence electrons. The molecule has 2 aromatic rings. The Hall–Kier alpha value is -2.41. The van der Waals surface area contributed by atoms with Crippen molar-refractivity contribution in [3.8, 4) is 5.75 Å². The van der Waals surface area contributed by atoms with E-state index in [1.807, 2.05) is 25.1 Å². The Balaban J connectivity index is 1.80. The van der Waals surface area contributed by atoms with Gasteiger partial charge in [-0.3, -0.25) is 14.5 Å². The van der Waals surface area contributed by atoms with Crippen LogP contribution < -0.4 is 15.0 Å². The molecule has 1 aliphatic heterocycles. The van der Waals surface area contributed by atoms with Crippen molar-refractivity contribution in [2.75, 3.05) is 23.4 Å². The van der Waals surface area contributed by atoms with Gasteiger partial charge in [0.25, 0.3) is 5.91 Å². The summed E-state index contributed by atoms with van der Waals surface area (Å²) in [6.45, 7) is 1.81. The SMILES string of the molecule is Cc1ccc2c(c1)N(CC(=O)Nc1nccs1)C(=O)CO2. The highest BCUT2D eigenvalue weighted by Gasteiger charge is 2.27. The number of fused-ring (bicyclic) bond motifs is 1. The molecule has 21 heavy (non-hydrogen) atoms. The lowest BCUT2D eigenvalue weighted by Gasteiger charge is -2.29. The average Bonchev–Trinajstić information content (AvgIpc) is 2.95. The maximum Gasteiger partial charge on any atom is 0.265 e. The highest BCUT2D eigenvalue weighted by molar-refractivity contribution is 7.13. The largest absolute Gasteiger partial charge is 0.482 e. The molecule has 3 rings (SSSR count). The minimum absolute atomic E-state index is 0.0550. The monoisotopic (exact) mass is 303 g/mol. The average molecular weight is 303 g/mol. The fourth-order valence-corrected chi connectivity index (χ4v) is 2.62. The topological polar surface area (TPSA) is 71.5 Å². The van der Waals surface area contributed by atoms with Crippen LogP contribution in [0.2, 0.25) is 0 Å². The molecule has 0 unspecified atom stereocenters. The van der Waals surface area contributed by atoms with Gasteiger partial charge >= 0.3 is 0 Å². The van der Waals surface area contributed by atoms with E-state index in [9.17, 15) is 9.59 Å². The number of anilines is 2. The zero-order valence-electron chi connectivity index (χ0n) is 11.3. The van der Waals surface area contributed by atoms with Gasteiger partial charge in [-0.15, -0.1) is 11.3 Å². The third-order valence-corrected chi connectivity index (χ3v) is 3.73. The standard InChI is InChI=1S/C14H13N3O3S/c1-9-2-3-11-10(6-9)17(13(19)8-20-11)7-12(18)16-14-15-4-5-21-14/h2-6H,7-8H2,1H3,(H,15,16,18). The van der Waals surface area contributed by atoms with Crippen LogP contribution in [0.5, 0.6) is 5.75 Å². The van der Waals surface area contributed by atoms with Crippen LogP contribution >= 0.6 is 11.3 Å². The Morgan fingerprint density at radius 1 is 1.52 bits per heavy atom. The molecule has 0 bridgehead atoms. The Morgan fingerprint density at radius 3 is 3.14 bits per heavy atom. The molecule has 1 aromatic carbocycles. The second-order valence-corrected chi connectivity index (χ2v) is 5.52. The van der Waals surface area contributed by atoms with E-state index in [2.05, 4.69) is 10.3 Å². The van der Waals surface area contributed by atoms with Crippen LogP contribution in [0.25, 0.3) is 0 Å². The van der Waals surface area contributed by atoms with Crippen molar-refractivity contribution in [1.29, 1.82) is 0 Å². The lowest BCUT2D eigenvalue weighted by molar-refractivity contribution is -0.123. The number of benzene rings is 1. The van der Waals surface area contributed by atoms with Crippen molar-refractivity contribution in [3.05, 3.63) is 35.3 Å². The quantitative estimate of drug-likeness (QED) is 0.939. The van der Waals surface area contributed by atoms with Crippen LogP contribution in [-0.4, -0.2) is 29.9 Å². The van der Waals surface area contributed by atoms with Gasteiger partial charge in [-0.25, -0.2) is 4.98 Å². The predicted octanol–water partition coefficient (Wildman–Crippen LogP) is 1.82. The number of nitrogens with zero attached hydrogens (tertiary/aromatic N) is 2. The Labute approximate surface area is 125 Å². The number of amides is 2. The van der Waals surface area contributed by atoms with Gasteiger partial charge in [0.05, 0.1) is 5.69 Å². The molecule has 1 aliphatic rings. The highest BCUT2D eigenvalue weighted by Crippen LogP contribution is 2.32. The first-order valence-electron chi connectivity index (χ1n) is 6.36. The molecule has 1 aromatic heterocycles. The Morgan fingerprint density at radius 2 is 2.38 bits per heavy atom. The fraction of sp³-hybridized carbons (Fsp3) is 0.214. The van der Waals surface area contributed by atoms with Gasteiger partial charge in [0.1, 0.15) is 12.3 Å². The molecule has 6 nitrogen and oxygen atoms in total. The maximum absolute atomic E-state index is 12.0. The van der Waals surface area contributed by atoms with E-state index in [-0.39, 0.29) is 25.0 Å². The summed E-state index contributed by atoms with van der Waals surface area (Å²) >= 11 is 1.33. The van der Waals surface area contributed by atoms with Crippen LogP contribution in [0.15, 0.2) is 29.8 Å². The second-order valence-electron chi connectivity index (χ2n) is 4.63. The number of hydrogen-bond acceptors (Lipinski definition) is 5. The molecule has 0 fully saturated rings. The number of hydrogen-bond donors (Lipinski definition) is 1. The number of aryl methyl sites for hydroxylation is 1. The molecule has 0 saturated heterocycles. The molecule has 0 radical (unpaired) electrons. The number of carbonyl (C=O) groups is 2. The summed E-state index contributed by atoms with van der Waals surface area (Å²) in [6.07, 6.45) is 1.61. The van der Waals surface area contributed by atoms with Crippen LogP contribution in [0.1, 0.15) is 5.56 Å². The number of aromatic nitrogens is 1. The third kappa shape index (κ3) is 2.87. The number of thiazole rings is 1. The van der Waals surface area contributed by atoms with E-state index in [1.54, 1.807) is 11.6 Å². The number of nitrogens with one attached hydrogen (secondary N) is 1. The summed E-state index contributed by atoms with van der Waals surface area (Å²) in [7, 11) is 0. The van der Waals surface area contributed by atoms with Crippen molar-refractivity contribution in [2.24, 2.45) is 0 Å². The second kappa shape index (κ2) is 5.53. The van der Waals surface area contributed by atoms with E-state index in [1.165, 1.54) is 16.2 Å². The number of rotatable bonds is 3. The predicted molar refractivity (Wildman–Crippen MR) is 79.8 cm³/mol. The first-order chi connectivity index (χ1) is 10.1. The summed E-state index contributed by atoms with van der Waals surface area (Å²) in [5.74, 6) is 0.0947. The normalized spacial score (nSPS) is 13.6. The zero-order chi connectivity index (χ0) is 14.8. The number of carbonyl (C=O) groups excluding carboxylic acids is 2. The fourth-order valence-electron chi connectivity index (χ4n) is 2.07. The van der Waals surface area contributed by atoms with Crippen LogP contribution in [-0.2, 0) is 9.59 Å². The minimum Gasteiger partial charge on any atom is -0.482 e. The lowest BCUT2D eigenvalue weighted by Crippen LogP contribution is -2.43. The molecule has 7 heteroatoms. The summed E-state index contributed by atoms with van der Waals surface area (Å²) < 4.78 is 5.38. The molecule has 1 N–H and O–H groups in total. The highest BCUT2D eigenvalue weighted by atomic mass is 32.1. The third-order valence-electron chi connectivity index (χ3n) is 3.04. The molecular weight excluding hydrogens is 290 g/mol. The summed E-state index contributed by atoms with van der Waals surface area (Å²) in [5, 5.41) is 4.96. The van der Waals surface area contributed by atoms with E-state index in [0.29, 0.717) is 16.6 Å². The van der Waals surface area contributed by atoms with Crippen molar-refractivity contribution in [3.63, 3.8) is 0 Å². The van der Waals surface area contributed by atoms with E-state index in [4.69, 9.17) is 4.74 Å². The smallest absolute Gasteiger partial charge is 0.265 e. The lowest BCUT2D eigenvalue weighted by atomic mass is 10.1. The summed E-state index contributed by atoms with van der Waals surface area (Å²) in [4.78, 5) is 29.5. The maximum atomic E-state index is 12.0. The van der Waals surface area contributed by atoms with Crippen molar-refractivity contribution >= 4 is 34.0 Å². The molecule has 0 spiro atoms. The van der Waals surface area contributed by atoms with Gasteiger partial charge in [0.2, 0.25) is 5.91 Å². The van der Waals surface area contributed by atoms with E-state index >= 15 is 0 Å².